The van der Waals surface area contributed by atoms with Gasteiger partial charge in [-0.1, -0.05) is 19.3 Å². The lowest BCUT2D eigenvalue weighted by atomic mass is 9.94. The number of carbonyl (C=O) groups is 2. The third-order valence-corrected chi connectivity index (χ3v) is 3.91. The molecule has 0 N–H and O–H groups in total. The summed E-state index contributed by atoms with van der Waals surface area (Å²) in [6.07, 6.45) is 9.98. The zero-order valence-electron chi connectivity index (χ0n) is 11.0. The Kier molecular flexibility index (Phi) is 5.02. The Balaban J connectivity index is 0.000000169. The summed E-state index contributed by atoms with van der Waals surface area (Å²) in [5, 5.41) is 0. The average Bonchev–Trinajstić information content (AvgIpc) is 3.02. The molecule has 0 spiro atoms. The van der Waals surface area contributed by atoms with E-state index in [2.05, 4.69) is 9.64 Å². The Hall–Kier alpha value is -1.06. The van der Waals surface area contributed by atoms with Gasteiger partial charge in [0.05, 0.1) is 6.61 Å². The van der Waals surface area contributed by atoms with Crippen LogP contribution in [0.4, 0.5) is 0 Å². The van der Waals surface area contributed by atoms with Gasteiger partial charge in [0.2, 0.25) is 5.91 Å². The molecule has 2 aliphatic heterocycles. The van der Waals surface area contributed by atoms with E-state index in [1.54, 1.807) is 0 Å². The molecule has 4 nitrogen and oxygen atoms in total. The van der Waals surface area contributed by atoms with Crippen LogP contribution in [0.1, 0.15) is 57.8 Å². The van der Waals surface area contributed by atoms with Gasteiger partial charge in [0.1, 0.15) is 0 Å². The van der Waals surface area contributed by atoms with Crippen molar-refractivity contribution in [1.29, 1.82) is 0 Å². The second-order valence-electron chi connectivity index (χ2n) is 5.31. The number of rotatable bonds is 1. The van der Waals surface area contributed by atoms with E-state index in [1.807, 2.05) is 0 Å². The van der Waals surface area contributed by atoms with Gasteiger partial charge in [-0.05, 0) is 25.7 Å². The number of ether oxygens (including phenoxy) is 1. The summed E-state index contributed by atoms with van der Waals surface area (Å²) in [6, 6.07) is 0.605. The third kappa shape index (κ3) is 3.72. The number of carbonyl (C=O) groups excluding carboxylic acids is 2. The van der Waals surface area contributed by atoms with E-state index in [9.17, 15) is 9.59 Å². The van der Waals surface area contributed by atoms with Crippen LogP contribution < -0.4 is 0 Å². The molecule has 2 saturated heterocycles. The molecule has 2 heterocycles. The molecule has 0 atom stereocenters. The summed E-state index contributed by atoms with van der Waals surface area (Å²) in [5.41, 5.74) is 0. The Morgan fingerprint density at radius 2 is 1.72 bits per heavy atom. The zero-order chi connectivity index (χ0) is 12.8. The minimum atomic E-state index is -0.0463. The lowest BCUT2D eigenvalue weighted by Gasteiger charge is -2.30. The first-order valence-electron chi connectivity index (χ1n) is 7.22. The van der Waals surface area contributed by atoms with Crippen LogP contribution in [0.3, 0.4) is 0 Å². The first-order chi connectivity index (χ1) is 8.77. The quantitative estimate of drug-likeness (QED) is 0.673. The fraction of sp³-hybridized carbons (Fsp3) is 0.857. The van der Waals surface area contributed by atoms with Crippen LogP contribution in [0, 0.1) is 0 Å². The van der Waals surface area contributed by atoms with Gasteiger partial charge in [0, 0.05) is 25.4 Å². The smallest absolute Gasteiger partial charge is 0.305 e. The van der Waals surface area contributed by atoms with Crippen molar-refractivity contribution in [3.8, 4) is 0 Å². The van der Waals surface area contributed by atoms with Gasteiger partial charge in [-0.2, -0.15) is 0 Å². The molecule has 3 fully saturated rings. The van der Waals surface area contributed by atoms with Gasteiger partial charge in [0.25, 0.3) is 0 Å². The molecule has 102 valence electrons. The number of esters is 1. The molecule has 0 unspecified atom stereocenters. The first-order valence-corrected chi connectivity index (χ1v) is 7.22. The molecule has 1 aliphatic carbocycles. The van der Waals surface area contributed by atoms with E-state index < -0.39 is 0 Å². The number of hydrogen-bond donors (Lipinski definition) is 0. The summed E-state index contributed by atoms with van der Waals surface area (Å²) in [5.74, 6) is 0.358. The highest BCUT2D eigenvalue weighted by molar-refractivity contribution is 5.78. The Bertz CT molecular complexity index is 289. The number of amides is 1. The Labute approximate surface area is 109 Å². The largest absolute Gasteiger partial charge is 0.466 e. The summed E-state index contributed by atoms with van der Waals surface area (Å²) in [6.45, 7) is 1.67. The SMILES string of the molecule is O=C1CCCN1C1CCCCC1.O=C1CCCO1. The molecular formula is C14H23NO3. The third-order valence-electron chi connectivity index (χ3n) is 3.91. The number of hydrogen-bond acceptors (Lipinski definition) is 3. The molecule has 0 radical (unpaired) electrons. The van der Waals surface area contributed by atoms with Gasteiger partial charge in [-0.25, -0.2) is 0 Å². The van der Waals surface area contributed by atoms with Crippen LogP contribution in [0.5, 0.6) is 0 Å². The lowest BCUT2D eigenvalue weighted by molar-refractivity contribution is -0.138. The van der Waals surface area contributed by atoms with E-state index in [4.69, 9.17) is 0 Å². The highest BCUT2D eigenvalue weighted by Crippen LogP contribution is 2.25. The number of nitrogens with zero attached hydrogens (tertiary/aromatic N) is 1. The Morgan fingerprint density at radius 1 is 0.944 bits per heavy atom. The van der Waals surface area contributed by atoms with Gasteiger partial charge in [-0.15, -0.1) is 0 Å². The van der Waals surface area contributed by atoms with Crippen LogP contribution in [0.2, 0.25) is 0 Å². The second-order valence-corrected chi connectivity index (χ2v) is 5.31. The standard InChI is InChI=1S/C10H17NO.C4H6O2/c12-10-7-4-8-11(10)9-5-2-1-3-6-9;5-4-2-1-3-6-4/h9H,1-8H2;1-3H2. The molecule has 0 aromatic rings. The summed E-state index contributed by atoms with van der Waals surface area (Å²) in [4.78, 5) is 23.5. The minimum absolute atomic E-state index is 0.0463. The van der Waals surface area contributed by atoms with E-state index in [0.29, 0.717) is 25.0 Å². The maximum Gasteiger partial charge on any atom is 0.305 e. The van der Waals surface area contributed by atoms with Crippen LogP contribution in [0.25, 0.3) is 0 Å². The molecule has 1 saturated carbocycles. The molecule has 0 aromatic heterocycles. The molecule has 3 aliphatic rings. The van der Waals surface area contributed by atoms with Crippen molar-refractivity contribution in [1.82, 2.24) is 4.90 Å². The van der Waals surface area contributed by atoms with Crippen molar-refractivity contribution in [3.63, 3.8) is 0 Å². The molecule has 0 bridgehead atoms. The van der Waals surface area contributed by atoms with Gasteiger partial charge < -0.3 is 9.64 Å². The van der Waals surface area contributed by atoms with Gasteiger partial charge in [-0.3, -0.25) is 9.59 Å². The lowest BCUT2D eigenvalue weighted by Crippen LogP contribution is -2.37. The maximum absolute atomic E-state index is 11.4. The van der Waals surface area contributed by atoms with Crippen molar-refractivity contribution in [2.45, 2.75) is 63.8 Å². The van der Waals surface area contributed by atoms with Crippen LogP contribution in [-0.2, 0) is 14.3 Å². The predicted octanol–water partition coefficient (Wildman–Crippen LogP) is 2.26. The minimum Gasteiger partial charge on any atom is -0.466 e. The van der Waals surface area contributed by atoms with Crippen LogP contribution in [0.15, 0.2) is 0 Å². The van der Waals surface area contributed by atoms with Crippen molar-refractivity contribution in [3.05, 3.63) is 0 Å². The van der Waals surface area contributed by atoms with Crippen molar-refractivity contribution in [2.24, 2.45) is 0 Å². The highest BCUT2D eigenvalue weighted by Gasteiger charge is 2.28. The van der Waals surface area contributed by atoms with Crippen molar-refractivity contribution >= 4 is 11.9 Å². The zero-order valence-corrected chi connectivity index (χ0v) is 11.0. The van der Waals surface area contributed by atoms with Crippen LogP contribution in [-0.4, -0.2) is 36.0 Å². The van der Waals surface area contributed by atoms with Crippen molar-refractivity contribution < 1.29 is 14.3 Å². The molecule has 4 heteroatoms. The Morgan fingerprint density at radius 3 is 2.17 bits per heavy atom. The van der Waals surface area contributed by atoms with E-state index in [-0.39, 0.29) is 5.97 Å². The fourth-order valence-corrected chi connectivity index (χ4v) is 2.92. The fourth-order valence-electron chi connectivity index (χ4n) is 2.92. The number of likely N-dealkylation sites (tertiary alicyclic amines) is 1. The van der Waals surface area contributed by atoms with E-state index in [1.165, 1.54) is 32.1 Å². The van der Waals surface area contributed by atoms with Gasteiger partial charge >= 0.3 is 5.97 Å². The summed E-state index contributed by atoms with van der Waals surface area (Å²) in [7, 11) is 0. The van der Waals surface area contributed by atoms with Crippen LogP contribution >= 0.6 is 0 Å². The van der Waals surface area contributed by atoms with E-state index in [0.717, 1.165) is 25.8 Å². The molecule has 1 amide bonds. The van der Waals surface area contributed by atoms with Crippen molar-refractivity contribution in [2.75, 3.05) is 13.2 Å². The monoisotopic (exact) mass is 253 g/mol. The first kappa shape index (κ1) is 13.4. The average molecular weight is 253 g/mol. The van der Waals surface area contributed by atoms with E-state index >= 15 is 0 Å². The van der Waals surface area contributed by atoms with Gasteiger partial charge in [0.15, 0.2) is 0 Å². The molecule has 3 rings (SSSR count). The predicted molar refractivity (Wildman–Crippen MR) is 68.0 cm³/mol. The normalized spacial score (nSPS) is 24.8. The number of cyclic esters (lactones) is 1. The molecule has 18 heavy (non-hydrogen) atoms. The molecular weight excluding hydrogens is 230 g/mol. The summed E-state index contributed by atoms with van der Waals surface area (Å²) < 4.78 is 4.51. The summed E-state index contributed by atoms with van der Waals surface area (Å²) >= 11 is 0. The highest BCUT2D eigenvalue weighted by atomic mass is 16.5. The maximum atomic E-state index is 11.4. The topological polar surface area (TPSA) is 46.6 Å². The second kappa shape index (κ2) is 6.76. The molecule has 0 aromatic carbocycles.